The van der Waals surface area contributed by atoms with Crippen LogP contribution in [0.3, 0.4) is 0 Å². The van der Waals surface area contributed by atoms with E-state index in [1.54, 1.807) is 30.5 Å². The normalized spacial score (nSPS) is 11.1. The lowest BCUT2D eigenvalue weighted by molar-refractivity contribution is 0.623. The third-order valence-corrected chi connectivity index (χ3v) is 3.90. The number of fused-ring (bicyclic) bond motifs is 1. The molecule has 0 spiro atoms. The van der Waals surface area contributed by atoms with Crippen LogP contribution in [0.1, 0.15) is 5.69 Å². The monoisotopic (exact) mass is 354 g/mol. The largest absolute Gasteiger partial charge is 0.423 e. The summed E-state index contributed by atoms with van der Waals surface area (Å²) in [5.41, 5.74) is 0.930. The molecule has 0 aliphatic heterocycles. The molecule has 0 aliphatic rings. The first kappa shape index (κ1) is 15.3. The van der Waals surface area contributed by atoms with Crippen LogP contribution in [-0.4, -0.2) is 9.97 Å². The van der Waals surface area contributed by atoms with E-state index in [-0.39, 0.29) is 17.4 Å². The van der Waals surface area contributed by atoms with Crippen molar-refractivity contribution in [1.82, 2.24) is 9.97 Å². The highest BCUT2D eigenvalue weighted by atomic mass is 35.5. The van der Waals surface area contributed by atoms with Gasteiger partial charge in [0.2, 0.25) is 0 Å². The standard InChI is InChI=1S/C17H11ClN4O3/c18-9-4-5-11-12(7-9)25-17(21-11)22-14-13(15(23)16(14)24)20-8-10-3-1-2-6-19-10/h1-7,20H,8H2,(H,21,22). The molecule has 0 atom stereocenters. The fraction of sp³-hybridized carbons (Fsp3) is 0.0588. The second kappa shape index (κ2) is 6.03. The summed E-state index contributed by atoms with van der Waals surface area (Å²) in [6, 6.07) is 10.6. The third-order valence-electron chi connectivity index (χ3n) is 3.67. The Balaban J connectivity index is 1.57. The lowest BCUT2D eigenvalue weighted by atomic mass is 10.2. The predicted octanol–water partition coefficient (Wildman–Crippen LogP) is 2.83. The van der Waals surface area contributed by atoms with Gasteiger partial charge in [-0.1, -0.05) is 17.7 Å². The van der Waals surface area contributed by atoms with Gasteiger partial charge in [0, 0.05) is 17.3 Å². The summed E-state index contributed by atoms with van der Waals surface area (Å²) in [4.78, 5) is 32.0. The third kappa shape index (κ3) is 2.85. The molecule has 4 rings (SSSR count). The quantitative estimate of drug-likeness (QED) is 0.532. The molecule has 25 heavy (non-hydrogen) atoms. The molecule has 0 unspecified atom stereocenters. The summed E-state index contributed by atoms with van der Waals surface area (Å²) >= 11 is 5.90. The van der Waals surface area contributed by atoms with Crippen molar-refractivity contribution in [3.05, 3.63) is 73.8 Å². The molecule has 0 bridgehead atoms. The molecule has 2 heterocycles. The topological polar surface area (TPSA) is 97.1 Å². The van der Waals surface area contributed by atoms with Gasteiger partial charge < -0.3 is 15.1 Å². The Labute approximate surface area is 146 Å². The first-order valence-corrected chi connectivity index (χ1v) is 7.80. The molecule has 2 aromatic carbocycles. The molecule has 0 amide bonds. The average Bonchev–Trinajstić information content (AvgIpc) is 3.03. The molecular weight excluding hydrogens is 344 g/mol. The van der Waals surface area contributed by atoms with Gasteiger partial charge in [-0.05, 0) is 24.3 Å². The number of nitrogens with one attached hydrogen (secondary N) is 2. The number of rotatable bonds is 5. The Morgan fingerprint density at radius 3 is 2.72 bits per heavy atom. The zero-order valence-electron chi connectivity index (χ0n) is 12.7. The van der Waals surface area contributed by atoms with Crippen molar-refractivity contribution in [2.45, 2.75) is 6.54 Å². The van der Waals surface area contributed by atoms with Crippen molar-refractivity contribution in [2.75, 3.05) is 10.6 Å². The second-order valence-electron chi connectivity index (χ2n) is 5.34. The molecule has 7 nitrogen and oxygen atoms in total. The fourth-order valence-electron chi connectivity index (χ4n) is 2.42. The molecule has 0 fully saturated rings. The van der Waals surface area contributed by atoms with E-state index in [1.165, 1.54) is 0 Å². The SMILES string of the molecule is O=c1c(NCc2ccccn2)c(Nc2nc3ccc(Cl)cc3o2)c1=O. The smallest absolute Gasteiger partial charge is 0.300 e. The Morgan fingerprint density at radius 2 is 1.92 bits per heavy atom. The molecular formula is C17H11ClN4O3. The van der Waals surface area contributed by atoms with E-state index in [0.717, 1.165) is 5.69 Å². The van der Waals surface area contributed by atoms with E-state index < -0.39 is 10.9 Å². The number of aromatic nitrogens is 2. The molecule has 0 aliphatic carbocycles. The van der Waals surface area contributed by atoms with Crippen LogP contribution < -0.4 is 21.5 Å². The lowest BCUT2D eigenvalue weighted by Crippen LogP contribution is -2.36. The molecule has 2 aromatic heterocycles. The Bertz CT molecular complexity index is 1130. The molecule has 0 saturated heterocycles. The number of benzene rings is 1. The van der Waals surface area contributed by atoms with Crippen molar-refractivity contribution in [3.63, 3.8) is 0 Å². The highest BCUT2D eigenvalue weighted by molar-refractivity contribution is 6.31. The van der Waals surface area contributed by atoms with E-state index in [1.807, 2.05) is 12.1 Å². The highest BCUT2D eigenvalue weighted by Crippen LogP contribution is 2.26. The van der Waals surface area contributed by atoms with Crippen LogP contribution in [0, 0.1) is 0 Å². The summed E-state index contributed by atoms with van der Waals surface area (Å²) in [7, 11) is 0. The molecule has 2 N–H and O–H groups in total. The van der Waals surface area contributed by atoms with Crippen LogP contribution >= 0.6 is 11.6 Å². The second-order valence-corrected chi connectivity index (χ2v) is 5.78. The Kier molecular flexibility index (Phi) is 3.70. The zero-order valence-corrected chi connectivity index (χ0v) is 13.5. The predicted molar refractivity (Wildman–Crippen MR) is 95.2 cm³/mol. The van der Waals surface area contributed by atoms with Gasteiger partial charge in [0.05, 0.1) is 12.2 Å². The van der Waals surface area contributed by atoms with Gasteiger partial charge in [-0.25, -0.2) is 0 Å². The van der Waals surface area contributed by atoms with Crippen molar-refractivity contribution in [2.24, 2.45) is 0 Å². The van der Waals surface area contributed by atoms with Crippen LogP contribution in [0.5, 0.6) is 0 Å². The van der Waals surface area contributed by atoms with E-state index >= 15 is 0 Å². The molecule has 0 radical (unpaired) electrons. The van der Waals surface area contributed by atoms with E-state index in [2.05, 4.69) is 20.6 Å². The number of oxazole rings is 1. The van der Waals surface area contributed by atoms with E-state index in [0.29, 0.717) is 22.7 Å². The number of hydrogen-bond acceptors (Lipinski definition) is 7. The molecule has 124 valence electrons. The summed E-state index contributed by atoms with van der Waals surface area (Å²) in [6.45, 7) is 0.323. The maximum absolute atomic E-state index is 11.8. The van der Waals surface area contributed by atoms with Crippen LogP contribution in [0.4, 0.5) is 17.4 Å². The fourth-order valence-corrected chi connectivity index (χ4v) is 2.58. The zero-order chi connectivity index (χ0) is 17.4. The van der Waals surface area contributed by atoms with E-state index in [4.69, 9.17) is 16.0 Å². The van der Waals surface area contributed by atoms with Crippen LogP contribution in [-0.2, 0) is 6.54 Å². The van der Waals surface area contributed by atoms with Crippen LogP contribution in [0.25, 0.3) is 11.1 Å². The van der Waals surface area contributed by atoms with Crippen molar-refractivity contribution in [1.29, 1.82) is 0 Å². The number of hydrogen-bond donors (Lipinski definition) is 2. The lowest BCUT2D eigenvalue weighted by Gasteiger charge is -2.12. The maximum atomic E-state index is 11.8. The van der Waals surface area contributed by atoms with Gasteiger partial charge in [0.1, 0.15) is 16.9 Å². The minimum Gasteiger partial charge on any atom is -0.423 e. The number of anilines is 3. The highest BCUT2D eigenvalue weighted by Gasteiger charge is 2.22. The summed E-state index contributed by atoms with van der Waals surface area (Å²) in [5, 5.41) is 6.20. The average molecular weight is 355 g/mol. The molecule has 4 aromatic rings. The first-order valence-electron chi connectivity index (χ1n) is 7.42. The van der Waals surface area contributed by atoms with E-state index in [9.17, 15) is 9.59 Å². The van der Waals surface area contributed by atoms with Crippen LogP contribution in [0.2, 0.25) is 5.02 Å². The van der Waals surface area contributed by atoms with Gasteiger partial charge in [-0.2, -0.15) is 4.98 Å². The summed E-state index contributed by atoms with van der Waals surface area (Å²) < 4.78 is 5.51. The number of halogens is 1. The Hall–Kier alpha value is -3.19. The molecule has 8 heteroatoms. The summed E-state index contributed by atoms with van der Waals surface area (Å²) in [6.07, 6.45) is 1.65. The number of pyridine rings is 1. The molecule has 0 saturated carbocycles. The maximum Gasteiger partial charge on any atom is 0.300 e. The summed E-state index contributed by atoms with van der Waals surface area (Å²) in [5.74, 6) is 0. The van der Waals surface area contributed by atoms with Crippen molar-refractivity contribution >= 4 is 40.1 Å². The van der Waals surface area contributed by atoms with Crippen molar-refractivity contribution < 1.29 is 4.42 Å². The van der Waals surface area contributed by atoms with Gasteiger partial charge in [-0.15, -0.1) is 0 Å². The van der Waals surface area contributed by atoms with Gasteiger partial charge in [0.15, 0.2) is 5.58 Å². The van der Waals surface area contributed by atoms with Crippen LogP contribution in [0.15, 0.2) is 56.6 Å². The minimum atomic E-state index is -0.621. The Morgan fingerprint density at radius 1 is 1.08 bits per heavy atom. The van der Waals surface area contributed by atoms with Gasteiger partial charge in [0.25, 0.3) is 16.9 Å². The van der Waals surface area contributed by atoms with Crippen molar-refractivity contribution in [3.8, 4) is 0 Å². The minimum absolute atomic E-state index is 0.116. The van der Waals surface area contributed by atoms with Gasteiger partial charge >= 0.3 is 0 Å². The number of nitrogens with zero attached hydrogens (tertiary/aromatic N) is 2. The van der Waals surface area contributed by atoms with Gasteiger partial charge in [-0.3, -0.25) is 14.6 Å². The first-order chi connectivity index (χ1) is 12.1.